The maximum atomic E-state index is 10.0. The van der Waals surface area contributed by atoms with Crippen molar-refractivity contribution in [3.8, 4) is 17.2 Å². The topological polar surface area (TPSA) is 23.8 Å². The highest BCUT2D eigenvalue weighted by Crippen LogP contribution is 2.43. The van der Waals surface area contributed by atoms with Gasteiger partial charge in [-0.2, -0.15) is 5.26 Å². The number of hydrogen-bond donors (Lipinski definition) is 0. The van der Waals surface area contributed by atoms with E-state index in [-0.39, 0.29) is 5.41 Å². The van der Waals surface area contributed by atoms with Crippen LogP contribution in [0.25, 0.3) is 11.1 Å². The molecule has 1 saturated carbocycles. The molecule has 0 atom stereocenters. The van der Waals surface area contributed by atoms with Gasteiger partial charge in [0.15, 0.2) is 0 Å². The highest BCUT2D eigenvalue weighted by Gasteiger charge is 2.36. The number of rotatable bonds is 8. The lowest BCUT2D eigenvalue weighted by atomic mass is 9.66. The van der Waals surface area contributed by atoms with E-state index in [0.717, 1.165) is 25.2 Å². The van der Waals surface area contributed by atoms with E-state index in [1.54, 1.807) is 0 Å². The van der Waals surface area contributed by atoms with Crippen LogP contribution in [0.3, 0.4) is 0 Å². The molecule has 0 unspecified atom stereocenters. The molecule has 1 aliphatic rings. The summed E-state index contributed by atoms with van der Waals surface area (Å²) in [6, 6.07) is 20.4. The van der Waals surface area contributed by atoms with Crippen molar-refractivity contribution in [3.05, 3.63) is 59.7 Å². The van der Waals surface area contributed by atoms with Gasteiger partial charge in [-0.15, -0.1) is 0 Å². The number of benzene rings is 2. The molecular weight excluding hydrogens is 338 g/mol. The van der Waals surface area contributed by atoms with Crippen molar-refractivity contribution in [1.29, 1.82) is 5.26 Å². The minimum absolute atomic E-state index is 0.273. The van der Waals surface area contributed by atoms with Crippen LogP contribution >= 0.6 is 0 Å². The van der Waals surface area contributed by atoms with Crippen LogP contribution in [0.5, 0.6) is 0 Å². The normalized spacial score (nSPS) is 22.0. The Morgan fingerprint density at radius 3 is 2.00 bits per heavy atom. The van der Waals surface area contributed by atoms with E-state index in [1.165, 1.54) is 67.2 Å². The van der Waals surface area contributed by atoms with Crippen molar-refractivity contribution < 1.29 is 0 Å². The maximum Gasteiger partial charge on any atom is 0.0822 e. The summed E-state index contributed by atoms with van der Waals surface area (Å²) >= 11 is 0. The lowest BCUT2D eigenvalue weighted by Crippen LogP contribution is -2.30. The summed E-state index contributed by atoms with van der Waals surface area (Å²) < 4.78 is 0. The number of unbranched alkanes of at least 4 members (excludes halogenated alkanes) is 2. The Bertz CT molecular complexity index is 755. The lowest BCUT2D eigenvalue weighted by molar-refractivity contribution is 0.262. The standard InChI is InChI=1S/C27H35N/c1-3-5-6-8-23-17-19-27(21-28,20-18-23)26-15-13-25(14-16-26)24-11-9-22(7-4-2)10-12-24/h9-16,23H,3-8,17-20H2,1-2H3/t23-,27+. The summed E-state index contributed by atoms with van der Waals surface area (Å²) in [6.07, 6.45) is 12.1. The molecule has 28 heavy (non-hydrogen) atoms. The van der Waals surface area contributed by atoms with Gasteiger partial charge in [0.2, 0.25) is 0 Å². The van der Waals surface area contributed by atoms with Gasteiger partial charge in [0.05, 0.1) is 11.5 Å². The van der Waals surface area contributed by atoms with Gasteiger partial charge in [0.1, 0.15) is 0 Å². The third kappa shape index (κ3) is 4.85. The Balaban J connectivity index is 1.67. The predicted octanol–water partition coefficient (Wildman–Crippen LogP) is 7.84. The molecule has 0 spiro atoms. The van der Waals surface area contributed by atoms with Crippen LogP contribution in [0.2, 0.25) is 0 Å². The molecule has 0 heterocycles. The Kier molecular flexibility index (Phi) is 7.32. The minimum atomic E-state index is -0.273. The smallest absolute Gasteiger partial charge is 0.0822 e. The molecule has 2 aromatic carbocycles. The second-order valence-electron chi connectivity index (χ2n) is 8.66. The van der Waals surface area contributed by atoms with Gasteiger partial charge in [-0.1, -0.05) is 94.5 Å². The molecule has 3 rings (SSSR count). The van der Waals surface area contributed by atoms with Crippen LogP contribution in [0.15, 0.2) is 48.5 Å². The van der Waals surface area contributed by atoms with E-state index in [4.69, 9.17) is 0 Å². The van der Waals surface area contributed by atoms with E-state index in [0.29, 0.717) is 0 Å². The number of hydrogen-bond acceptors (Lipinski definition) is 1. The first-order valence-electron chi connectivity index (χ1n) is 11.3. The number of nitrogens with zero attached hydrogens (tertiary/aromatic N) is 1. The summed E-state index contributed by atoms with van der Waals surface area (Å²) in [5.41, 5.74) is 4.85. The van der Waals surface area contributed by atoms with E-state index in [1.807, 2.05) is 0 Å². The maximum absolute atomic E-state index is 10.0. The second kappa shape index (κ2) is 9.92. The van der Waals surface area contributed by atoms with Crippen LogP contribution in [-0.4, -0.2) is 0 Å². The van der Waals surface area contributed by atoms with Crippen LogP contribution in [0.1, 0.15) is 82.8 Å². The molecular formula is C27H35N. The highest BCUT2D eigenvalue weighted by molar-refractivity contribution is 5.64. The van der Waals surface area contributed by atoms with E-state index in [9.17, 15) is 5.26 Å². The summed E-state index contributed by atoms with van der Waals surface area (Å²) in [7, 11) is 0. The molecule has 0 aliphatic heterocycles. The van der Waals surface area contributed by atoms with Crippen molar-refractivity contribution in [2.45, 2.75) is 83.5 Å². The summed E-state index contributed by atoms with van der Waals surface area (Å²) in [6.45, 7) is 4.49. The van der Waals surface area contributed by atoms with Gasteiger partial charge >= 0.3 is 0 Å². The molecule has 0 radical (unpaired) electrons. The molecule has 0 amide bonds. The molecule has 0 saturated heterocycles. The Hall–Kier alpha value is -2.07. The van der Waals surface area contributed by atoms with Gasteiger partial charge in [-0.25, -0.2) is 0 Å². The first kappa shape index (κ1) is 20.7. The van der Waals surface area contributed by atoms with Gasteiger partial charge in [-0.3, -0.25) is 0 Å². The second-order valence-corrected chi connectivity index (χ2v) is 8.66. The summed E-state index contributed by atoms with van der Waals surface area (Å²) in [4.78, 5) is 0. The highest BCUT2D eigenvalue weighted by atomic mass is 14.4. The van der Waals surface area contributed by atoms with Crippen LogP contribution in [0, 0.1) is 17.2 Å². The van der Waals surface area contributed by atoms with Gasteiger partial charge < -0.3 is 0 Å². The van der Waals surface area contributed by atoms with Crippen LogP contribution < -0.4 is 0 Å². The fourth-order valence-corrected chi connectivity index (χ4v) is 4.74. The Morgan fingerprint density at radius 2 is 1.46 bits per heavy atom. The first-order valence-corrected chi connectivity index (χ1v) is 11.3. The third-order valence-corrected chi connectivity index (χ3v) is 6.65. The number of aryl methyl sites for hydroxylation is 1. The van der Waals surface area contributed by atoms with Gasteiger partial charge in [-0.05, 0) is 60.3 Å². The summed E-state index contributed by atoms with van der Waals surface area (Å²) in [5, 5.41) is 10.0. The molecule has 148 valence electrons. The van der Waals surface area contributed by atoms with Crippen molar-refractivity contribution in [3.63, 3.8) is 0 Å². The molecule has 0 N–H and O–H groups in total. The molecule has 1 aliphatic carbocycles. The van der Waals surface area contributed by atoms with Crippen molar-refractivity contribution in [2.24, 2.45) is 5.92 Å². The Morgan fingerprint density at radius 1 is 0.857 bits per heavy atom. The van der Waals surface area contributed by atoms with Gasteiger partial charge in [0, 0.05) is 0 Å². The van der Waals surface area contributed by atoms with E-state index >= 15 is 0 Å². The lowest BCUT2D eigenvalue weighted by Gasteiger charge is -2.35. The zero-order valence-corrected chi connectivity index (χ0v) is 17.7. The van der Waals surface area contributed by atoms with Crippen molar-refractivity contribution in [2.75, 3.05) is 0 Å². The molecule has 1 fully saturated rings. The fraction of sp³-hybridized carbons (Fsp3) is 0.519. The van der Waals surface area contributed by atoms with Crippen LogP contribution in [0.4, 0.5) is 0 Å². The number of nitriles is 1. The first-order chi connectivity index (χ1) is 13.7. The molecule has 1 nitrogen and oxygen atoms in total. The Labute approximate surface area is 171 Å². The molecule has 1 heteroatoms. The SMILES string of the molecule is CCCCC[C@H]1CC[C@@](C#N)(c2ccc(-c3ccc(CCC)cc3)cc2)CC1. The predicted molar refractivity (Wildman–Crippen MR) is 119 cm³/mol. The third-order valence-electron chi connectivity index (χ3n) is 6.65. The van der Waals surface area contributed by atoms with E-state index in [2.05, 4.69) is 68.4 Å². The molecule has 0 aromatic heterocycles. The van der Waals surface area contributed by atoms with Crippen molar-refractivity contribution in [1.82, 2.24) is 0 Å². The van der Waals surface area contributed by atoms with Gasteiger partial charge in [0.25, 0.3) is 0 Å². The zero-order chi connectivity index (χ0) is 19.8. The van der Waals surface area contributed by atoms with Crippen LogP contribution in [-0.2, 0) is 11.8 Å². The van der Waals surface area contributed by atoms with Crippen molar-refractivity contribution >= 4 is 0 Å². The molecule has 0 bridgehead atoms. The van der Waals surface area contributed by atoms with E-state index < -0.39 is 0 Å². The largest absolute Gasteiger partial charge is 0.197 e. The molecule has 2 aromatic rings. The zero-order valence-electron chi connectivity index (χ0n) is 17.7. The fourth-order valence-electron chi connectivity index (χ4n) is 4.74. The summed E-state index contributed by atoms with van der Waals surface area (Å²) in [5.74, 6) is 0.828. The quantitative estimate of drug-likeness (QED) is 0.432. The average Bonchev–Trinajstić information content (AvgIpc) is 2.75. The average molecular weight is 374 g/mol. The monoisotopic (exact) mass is 373 g/mol. The minimum Gasteiger partial charge on any atom is -0.197 e.